The summed E-state index contributed by atoms with van der Waals surface area (Å²) in [6, 6.07) is 5.82. The predicted molar refractivity (Wildman–Crippen MR) is 81.4 cm³/mol. The van der Waals surface area contributed by atoms with E-state index in [1.165, 1.54) is 17.1 Å². The lowest BCUT2D eigenvalue weighted by Crippen LogP contribution is -2.31. The molecular weight excluding hydrogens is 296 g/mol. The molecule has 1 aliphatic carbocycles. The van der Waals surface area contributed by atoms with Crippen molar-refractivity contribution in [2.45, 2.75) is 44.2 Å². The van der Waals surface area contributed by atoms with Gasteiger partial charge in [-0.25, -0.2) is 8.42 Å². The van der Waals surface area contributed by atoms with Crippen LogP contribution >= 0.6 is 11.6 Å². The lowest BCUT2D eigenvalue weighted by Gasteiger charge is -2.19. The Kier molecular flexibility index (Phi) is 5.07. The average molecular weight is 317 g/mol. The Morgan fingerprint density at radius 3 is 2.50 bits per heavy atom. The van der Waals surface area contributed by atoms with Crippen LogP contribution in [-0.4, -0.2) is 31.9 Å². The fraction of sp³-hybridized carbons (Fsp3) is 0.571. The Morgan fingerprint density at radius 1 is 1.30 bits per heavy atom. The van der Waals surface area contributed by atoms with Gasteiger partial charge >= 0.3 is 0 Å². The van der Waals surface area contributed by atoms with Crippen molar-refractivity contribution in [3.8, 4) is 0 Å². The highest BCUT2D eigenvalue weighted by Crippen LogP contribution is 2.26. The van der Waals surface area contributed by atoms with Gasteiger partial charge in [-0.15, -0.1) is 0 Å². The van der Waals surface area contributed by atoms with Crippen LogP contribution in [0.25, 0.3) is 0 Å². The molecule has 1 saturated carbocycles. The van der Waals surface area contributed by atoms with Gasteiger partial charge in [0.15, 0.2) is 0 Å². The molecule has 20 heavy (non-hydrogen) atoms. The van der Waals surface area contributed by atoms with Crippen LogP contribution < -0.4 is 5.32 Å². The van der Waals surface area contributed by atoms with E-state index in [1.54, 1.807) is 12.1 Å². The zero-order valence-corrected chi connectivity index (χ0v) is 13.5. The molecule has 4 nitrogen and oxygen atoms in total. The highest BCUT2D eigenvalue weighted by atomic mass is 35.5. The average Bonchev–Trinajstić information content (AvgIpc) is 3.22. The number of sulfonamides is 1. The lowest BCUT2D eigenvalue weighted by atomic mass is 10.2. The second kappa shape index (κ2) is 6.43. The predicted octanol–water partition coefficient (Wildman–Crippen LogP) is 2.62. The monoisotopic (exact) mass is 316 g/mol. The maximum Gasteiger partial charge on any atom is 0.244 e. The van der Waals surface area contributed by atoms with Crippen LogP contribution in [0.4, 0.5) is 0 Å². The molecule has 0 amide bonds. The Bertz CT molecular complexity index is 567. The van der Waals surface area contributed by atoms with Gasteiger partial charge in [0, 0.05) is 25.7 Å². The summed E-state index contributed by atoms with van der Waals surface area (Å²) in [5.41, 5.74) is 0.951. The molecular formula is C14H21ClN2O2S. The van der Waals surface area contributed by atoms with Crippen LogP contribution in [0.3, 0.4) is 0 Å². The van der Waals surface area contributed by atoms with Crippen LogP contribution in [0, 0.1) is 0 Å². The summed E-state index contributed by atoms with van der Waals surface area (Å²) in [4.78, 5) is 0.206. The fourth-order valence-electron chi connectivity index (χ4n) is 2.11. The summed E-state index contributed by atoms with van der Waals surface area (Å²) in [5.74, 6) is 0. The van der Waals surface area contributed by atoms with Crippen molar-refractivity contribution in [3.63, 3.8) is 0 Å². The zero-order chi connectivity index (χ0) is 14.8. The molecule has 0 saturated heterocycles. The SMILES string of the molecule is CCN(CC)S(=O)(=O)c1cc(CNC2CC2)ccc1Cl. The van der Waals surface area contributed by atoms with E-state index < -0.39 is 10.0 Å². The summed E-state index contributed by atoms with van der Waals surface area (Å²) in [6.45, 7) is 5.23. The zero-order valence-electron chi connectivity index (χ0n) is 11.9. The van der Waals surface area contributed by atoms with Crippen molar-refractivity contribution < 1.29 is 8.42 Å². The minimum absolute atomic E-state index is 0.206. The summed E-state index contributed by atoms with van der Waals surface area (Å²) >= 11 is 6.09. The van der Waals surface area contributed by atoms with Crippen LogP contribution in [0.2, 0.25) is 5.02 Å². The number of hydrogen-bond acceptors (Lipinski definition) is 3. The van der Waals surface area contributed by atoms with Crippen molar-refractivity contribution in [2.24, 2.45) is 0 Å². The first-order valence-corrected chi connectivity index (χ1v) is 8.82. The lowest BCUT2D eigenvalue weighted by molar-refractivity contribution is 0.445. The highest BCUT2D eigenvalue weighted by molar-refractivity contribution is 7.89. The number of benzene rings is 1. The van der Waals surface area contributed by atoms with Crippen LogP contribution in [0.5, 0.6) is 0 Å². The van der Waals surface area contributed by atoms with E-state index in [2.05, 4.69) is 5.32 Å². The van der Waals surface area contributed by atoms with Crippen molar-refractivity contribution in [3.05, 3.63) is 28.8 Å². The molecule has 0 unspecified atom stereocenters. The minimum Gasteiger partial charge on any atom is -0.310 e. The molecule has 0 atom stereocenters. The summed E-state index contributed by atoms with van der Waals surface area (Å²) < 4.78 is 26.5. The first kappa shape index (κ1) is 15.8. The molecule has 0 heterocycles. The number of halogens is 1. The molecule has 1 aromatic carbocycles. The smallest absolute Gasteiger partial charge is 0.244 e. The quantitative estimate of drug-likeness (QED) is 0.841. The topological polar surface area (TPSA) is 49.4 Å². The van der Waals surface area contributed by atoms with Crippen LogP contribution in [0.1, 0.15) is 32.3 Å². The van der Waals surface area contributed by atoms with E-state index in [-0.39, 0.29) is 9.92 Å². The Balaban J connectivity index is 2.26. The second-order valence-electron chi connectivity index (χ2n) is 5.01. The standard InChI is InChI=1S/C14H21ClN2O2S/c1-3-17(4-2)20(18,19)14-9-11(5-8-13(14)15)10-16-12-6-7-12/h5,8-9,12,16H,3-4,6-7,10H2,1-2H3. The van der Waals surface area contributed by atoms with Gasteiger partial charge in [-0.2, -0.15) is 4.31 Å². The maximum atomic E-state index is 12.5. The number of nitrogens with one attached hydrogen (secondary N) is 1. The van der Waals surface area contributed by atoms with E-state index in [9.17, 15) is 8.42 Å². The van der Waals surface area contributed by atoms with E-state index in [0.717, 1.165) is 5.56 Å². The number of hydrogen-bond donors (Lipinski definition) is 1. The van der Waals surface area contributed by atoms with Crippen molar-refractivity contribution >= 4 is 21.6 Å². The van der Waals surface area contributed by atoms with Crippen LogP contribution in [0.15, 0.2) is 23.1 Å². The molecule has 0 spiro atoms. The van der Waals surface area contributed by atoms with Crippen molar-refractivity contribution in [1.29, 1.82) is 0 Å². The van der Waals surface area contributed by atoms with E-state index in [1.807, 2.05) is 19.9 Å². The Labute approximate surface area is 126 Å². The molecule has 1 fully saturated rings. The first-order valence-electron chi connectivity index (χ1n) is 7.01. The third-order valence-electron chi connectivity index (χ3n) is 3.49. The molecule has 0 aromatic heterocycles. The van der Waals surface area contributed by atoms with Gasteiger partial charge in [0.25, 0.3) is 0 Å². The van der Waals surface area contributed by atoms with Gasteiger partial charge in [-0.05, 0) is 30.5 Å². The van der Waals surface area contributed by atoms with Crippen LogP contribution in [-0.2, 0) is 16.6 Å². The van der Waals surface area contributed by atoms with Crippen molar-refractivity contribution in [1.82, 2.24) is 9.62 Å². The summed E-state index contributed by atoms with van der Waals surface area (Å²) in [7, 11) is -3.50. The van der Waals surface area contributed by atoms with Gasteiger partial charge in [-0.1, -0.05) is 31.5 Å². The molecule has 6 heteroatoms. The molecule has 112 valence electrons. The first-order chi connectivity index (χ1) is 9.48. The maximum absolute atomic E-state index is 12.5. The normalized spacial score (nSPS) is 15.8. The molecule has 0 aliphatic heterocycles. The van der Waals surface area contributed by atoms with E-state index >= 15 is 0 Å². The molecule has 1 aliphatic rings. The molecule has 1 aromatic rings. The second-order valence-corrected chi connectivity index (χ2v) is 7.32. The Morgan fingerprint density at radius 2 is 1.95 bits per heavy atom. The van der Waals surface area contributed by atoms with E-state index in [0.29, 0.717) is 25.7 Å². The largest absolute Gasteiger partial charge is 0.310 e. The molecule has 0 radical (unpaired) electrons. The van der Waals surface area contributed by atoms with Gasteiger partial charge in [0.2, 0.25) is 10.0 Å². The molecule has 1 N–H and O–H groups in total. The fourth-order valence-corrected chi connectivity index (χ4v) is 4.09. The summed E-state index contributed by atoms with van der Waals surface area (Å²) in [6.07, 6.45) is 2.41. The number of rotatable bonds is 7. The highest BCUT2D eigenvalue weighted by Gasteiger charge is 2.25. The summed E-state index contributed by atoms with van der Waals surface area (Å²) in [5, 5.41) is 3.66. The third kappa shape index (κ3) is 3.52. The van der Waals surface area contributed by atoms with Crippen molar-refractivity contribution in [2.75, 3.05) is 13.1 Å². The van der Waals surface area contributed by atoms with Gasteiger partial charge < -0.3 is 5.32 Å². The molecule has 0 bridgehead atoms. The van der Waals surface area contributed by atoms with Gasteiger partial charge in [0.05, 0.1) is 5.02 Å². The van der Waals surface area contributed by atoms with Gasteiger partial charge in [0.1, 0.15) is 4.90 Å². The minimum atomic E-state index is -3.50. The van der Waals surface area contributed by atoms with Gasteiger partial charge in [-0.3, -0.25) is 0 Å². The third-order valence-corrected chi connectivity index (χ3v) is 6.02. The number of nitrogens with zero attached hydrogens (tertiary/aromatic N) is 1. The van der Waals surface area contributed by atoms with E-state index in [4.69, 9.17) is 11.6 Å². The molecule has 2 rings (SSSR count). The Hall–Kier alpha value is -0.620.